The van der Waals surface area contributed by atoms with Gasteiger partial charge in [0.15, 0.2) is 0 Å². The van der Waals surface area contributed by atoms with Crippen LogP contribution in [0.5, 0.6) is 0 Å². The van der Waals surface area contributed by atoms with Crippen LogP contribution < -0.4 is 0 Å². The van der Waals surface area contributed by atoms with Crippen molar-refractivity contribution in [3.05, 3.63) is 35.9 Å². The van der Waals surface area contributed by atoms with Crippen molar-refractivity contribution in [2.45, 2.75) is 32.1 Å². The van der Waals surface area contributed by atoms with Crippen LogP contribution in [-0.4, -0.2) is 47.3 Å². The Morgan fingerprint density at radius 3 is 2.50 bits per heavy atom. The molecule has 1 fully saturated rings. The molecule has 1 amide bonds. The Morgan fingerprint density at radius 2 is 1.88 bits per heavy atom. The molecule has 0 aliphatic carbocycles. The zero-order valence-electron chi connectivity index (χ0n) is 14.5. The number of rotatable bonds is 6. The number of carbonyl (C=O) groups is 2. The number of benzene rings is 1. The number of carbonyl (C=O) groups excluding carboxylic acids is 2. The highest BCUT2D eigenvalue weighted by Gasteiger charge is 2.50. The van der Waals surface area contributed by atoms with E-state index in [9.17, 15) is 9.59 Å². The van der Waals surface area contributed by atoms with Crippen LogP contribution in [0, 0.1) is 5.92 Å². The van der Waals surface area contributed by atoms with Gasteiger partial charge in [0.05, 0.1) is 19.1 Å². The molecule has 1 aromatic rings. The molecular weight excluding hydrogens is 326 g/mol. The standard InChI is InChI=1S/C18H25NO4S/c1-4-22-16(20)15(13-14-9-7-6-8-10-14)18(3)19(11-12-24-18)17(21)23-5-2/h6-10,15H,4-5,11-13H2,1-3H3. The summed E-state index contributed by atoms with van der Waals surface area (Å²) in [5, 5.41) is 0. The van der Waals surface area contributed by atoms with Crippen LogP contribution in [0.1, 0.15) is 26.3 Å². The van der Waals surface area contributed by atoms with Gasteiger partial charge >= 0.3 is 12.1 Å². The molecule has 2 atom stereocenters. The second-order valence-corrected chi connectivity index (χ2v) is 7.27. The summed E-state index contributed by atoms with van der Waals surface area (Å²) in [6.45, 7) is 6.73. The van der Waals surface area contributed by atoms with Crippen molar-refractivity contribution in [3.63, 3.8) is 0 Å². The number of esters is 1. The van der Waals surface area contributed by atoms with Crippen molar-refractivity contribution >= 4 is 23.8 Å². The third-order valence-electron chi connectivity index (χ3n) is 4.23. The van der Waals surface area contributed by atoms with Crippen LogP contribution in [0.3, 0.4) is 0 Å². The van der Waals surface area contributed by atoms with Gasteiger partial charge in [-0.15, -0.1) is 11.8 Å². The van der Waals surface area contributed by atoms with Crippen LogP contribution in [0.25, 0.3) is 0 Å². The Morgan fingerprint density at radius 1 is 1.21 bits per heavy atom. The van der Waals surface area contributed by atoms with Gasteiger partial charge in [-0.1, -0.05) is 30.3 Å². The van der Waals surface area contributed by atoms with E-state index < -0.39 is 10.8 Å². The Kier molecular flexibility index (Phi) is 6.54. The molecule has 1 saturated heterocycles. The molecule has 1 aromatic carbocycles. The van der Waals surface area contributed by atoms with Crippen molar-refractivity contribution in [2.75, 3.05) is 25.5 Å². The van der Waals surface area contributed by atoms with E-state index in [0.717, 1.165) is 11.3 Å². The second kappa shape index (κ2) is 8.42. The zero-order chi connectivity index (χ0) is 17.6. The molecule has 0 spiro atoms. The van der Waals surface area contributed by atoms with Gasteiger partial charge in [-0.3, -0.25) is 9.69 Å². The van der Waals surface area contributed by atoms with Gasteiger partial charge < -0.3 is 9.47 Å². The first kappa shape index (κ1) is 18.6. The zero-order valence-corrected chi connectivity index (χ0v) is 15.3. The maximum absolute atomic E-state index is 12.7. The lowest BCUT2D eigenvalue weighted by Gasteiger charge is -2.38. The van der Waals surface area contributed by atoms with E-state index in [1.54, 1.807) is 30.5 Å². The normalized spacial score (nSPS) is 21.4. The highest BCUT2D eigenvalue weighted by molar-refractivity contribution is 8.00. The van der Waals surface area contributed by atoms with Crippen molar-refractivity contribution in [3.8, 4) is 0 Å². The van der Waals surface area contributed by atoms with Crippen LogP contribution >= 0.6 is 11.8 Å². The summed E-state index contributed by atoms with van der Waals surface area (Å²) in [5.41, 5.74) is 1.05. The van der Waals surface area contributed by atoms with Crippen LogP contribution in [0.15, 0.2) is 30.3 Å². The molecule has 1 aliphatic rings. The van der Waals surface area contributed by atoms with E-state index in [-0.39, 0.29) is 12.1 Å². The molecule has 2 unspecified atom stereocenters. The molecule has 132 valence electrons. The summed E-state index contributed by atoms with van der Waals surface area (Å²) in [5.74, 6) is 0.0596. The predicted molar refractivity (Wildman–Crippen MR) is 94.9 cm³/mol. The van der Waals surface area contributed by atoms with Crippen molar-refractivity contribution < 1.29 is 19.1 Å². The largest absolute Gasteiger partial charge is 0.466 e. The first-order chi connectivity index (χ1) is 11.5. The monoisotopic (exact) mass is 351 g/mol. The number of thioether (sulfide) groups is 1. The minimum atomic E-state index is -0.672. The second-order valence-electron chi connectivity index (χ2n) is 5.75. The minimum absolute atomic E-state index is 0.271. The maximum Gasteiger partial charge on any atom is 0.410 e. The summed E-state index contributed by atoms with van der Waals surface area (Å²) >= 11 is 1.61. The minimum Gasteiger partial charge on any atom is -0.466 e. The van der Waals surface area contributed by atoms with Crippen molar-refractivity contribution in [1.82, 2.24) is 4.90 Å². The summed E-state index contributed by atoms with van der Waals surface area (Å²) in [6.07, 6.45) is 0.159. The van der Waals surface area contributed by atoms with Crippen LogP contribution in [0.4, 0.5) is 4.79 Å². The lowest BCUT2D eigenvalue weighted by atomic mass is 9.91. The van der Waals surface area contributed by atoms with E-state index in [4.69, 9.17) is 9.47 Å². The van der Waals surface area contributed by atoms with Gasteiger partial charge in [0.25, 0.3) is 0 Å². The Balaban J connectivity index is 2.30. The Labute approximate surface area is 147 Å². The summed E-state index contributed by atoms with van der Waals surface area (Å²) in [7, 11) is 0. The first-order valence-corrected chi connectivity index (χ1v) is 9.30. The molecular formula is C18H25NO4S. The van der Waals surface area contributed by atoms with E-state index in [1.165, 1.54) is 0 Å². The molecule has 1 heterocycles. The van der Waals surface area contributed by atoms with Crippen LogP contribution in [-0.2, 0) is 20.7 Å². The third kappa shape index (κ3) is 4.04. The number of hydrogen-bond donors (Lipinski definition) is 0. The number of hydrogen-bond acceptors (Lipinski definition) is 5. The van der Waals surface area contributed by atoms with Crippen molar-refractivity contribution in [2.24, 2.45) is 5.92 Å². The van der Waals surface area contributed by atoms with Gasteiger partial charge in [-0.2, -0.15) is 0 Å². The smallest absolute Gasteiger partial charge is 0.410 e. The molecule has 0 radical (unpaired) electrons. The highest BCUT2D eigenvalue weighted by atomic mass is 32.2. The van der Waals surface area contributed by atoms with Gasteiger partial charge in [-0.25, -0.2) is 4.79 Å². The fourth-order valence-corrected chi connectivity index (χ4v) is 4.38. The van der Waals surface area contributed by atoms with E-state index in [0.29, 0.717) is 26.2 Å². The van der Waals surface area contributed by atoms with E-state index in [2.05, 4.69) is 0 Å². The van der Waals surface area contributed by atoms with Gasteiger partial charge in [-0.05, 0) is 32.8 Å². The molecule has 0 aromatic heterocycles. The summed E-state index contributed by atoms with van der Waals surface area (Å²) < 4.78 is 10.5. The fraction of sp³-hybridized carbons (Fsp3) is 0.556. The molecule has 2 rings (SSSR count). The van der Waals surface area contributed by atoms with Crippen molar-refractivity contribution in [1.29, 1.82) is 0 Å². The summed E-state index contributed by atoms with van der Waals surface area (Å²) in [4.78, 5) is 26.0. The number of nitrogens with zero attached hydrogens (tertiary/aromatic N) is 1. The molecule has 5 nitrogen and oxygen atoms in total. The molecule has 24 heavy (non-hydrogen) atoms. The molecule has 6 heteroatoms. The maximum atomic E-state index is 12.7. The van der Waals surface area contributed by atoms with Gasteiger partial charge in [0.2, 0.25) is 0 Å². The SMILES string of the molecule is CCOC(=O)C(Cc1ccccc1)C1(C)SCCN1C(=O)OCC. The van der Waals surface area contributed by atoms with Crippen LogP contribution in [0.2, 0.25) is 0 Å². The topological polar surface area (TPSA) is 55.8 Å². The number of ether oxygens (including phenoxy) is 2. The Bertz CT molecular complexity index is 565. The average Bonchev–Trinajstić information content (AvgIpc) is 2.96. The summed E-state index contributed by atoms with van der Waals surface area (Å²) in [6, 6.07) is 9.82. The lowest BCUT2D eigenvalue weighted by molar-refractivity contribution is -0.150. The molecule has 0 bridgehead atoms. The third-order valence-corrected chi connectivity index (χ3v) is 5.71. The van der Waals surface area contributed by atoms with Gasteiger partial charge in [0, 0.05) is 12.3 Å². The first-order valence-electron chi connectivity index (χ1n) is 8.31. The predicted octanol–water partition coefficient (Wildman–Crippen LogP) is 3.33. The Hall–Kier alpha value is -1.69. The van der Waals surface area contributed by atoms with Gasteiger partial charge in [0.1, 0.15) is 4.87 Å². The molecule has 1 aliphatic heterocycles. The average molecular weight is 351 g/mol. The fourth-order valence-electron chi connectivity index (χ4n) is 2.99. The number of amides is 1. The van der Waals surface area contributed by atoms with E-state index in [1.807, 2.05) is 37.3 Å². The van der Waals surface area contributed by atoms with E-state index >= 15 is 0 Å². The lowest BCUT2D eigenvalue weighted by Crippen LogP contribution is -2.52. The molecule has 0 N–H and O–H groups in total. The highest BCUT2D eigenvalue weighted by Crippen LogP contribution is 2.43. The quantitative estimate of drug-likeness (QED) is 0.736. The molecule has 0 saturated carbocycles.